The molecule has 0 saturated carbocycles. The van der Waals surface area contributed by atoms with E-state index in [9.17, 15) is 4.79 Å². The average molecular weight is 256 g/mol. The molecule has 0 unspecified atom stereocenters. The zero-order valence-corrected chi connectivity index (χ0v) is 10.5. The highest BCUT2D eigenvalue weighted by atomic mass is 16.3. The van der Waals surface area contributed by atoms with Crippen molar-refractivity contribution in [1.82, 2.24) is 0 Å². The maximum Gasteiger partial charge on any atom is 0.248 e. The highest BCUT2D eigenvalue weighted by molar-refractivity contribution is 5.93. The molecule has 2 aromatic rings. The van der Waals surface area contributed by atoms with Crippen LogP contribution in [0.3, 0.4) is 0 Å². The summed E-state index contributed by atoms with van der Waals surface area (Å²) in [6, 6.07) is 14.8. The molecule has 1 amide bonds. The van der Waals surface area contributed by atoms with Crippen molar-refractivity contribution in [1.29, 1.82) is 0 Å². The summed E-state index contributed by atoms with van der Waals surface area (Å²) in [7, 11) is 0. The summed E-state index contributed by atoms with van der Waals surface area (Å²) >= 11 is 0. The predicted molar refractivity (Wildman–Crippen MR) is 74.7 cm³/mol. The Morgan fingerprint density at radius 3 is 2.11 bits per heavy atom. The van der Waals surface area contributed by atoms with Gasteiger partial charge in [-0.2, -0.15) is 0 Å². The Balaban J connectivity index is 1.95. The van der Waals surface area contributed by atoms with Crippen molar-refractivity contribution in [2.45, 2.75) is 13.2 Å². The van der Waals surface area contributed by atoms with Crippen molar-refractivity contribution in [3.63, 3.8) is 0 Å². The second-order valence-electron chi connectivity index (χ2n) is 4.27. The van der Waals surface area contributed by atoms with Gasteiger partial charge in [0.05, 0.1) is 6.61 Å². The number of amides is 1. The van der Waals surface area contributed by atoms with Crippen molar-refractivity contribution < 1.29 is 9.90 Å². The van der Waals surface area contributed by atoms with E-state index in [0.29, 0.717) is 12.1 Å². The van der Waals surface area contributed by atoms with Crippen molar-refractivity contribution in [2.24, 2.45) is 5.73 Å². The lowest BCUT2D eigenvalue weighted by Gasteiger charge is -2.07. The van der Waals surface area contributed by atoms with Crippen LogP contribution in [0.1, 0.15) is 21.5 Å². The molecule has 0 bridgehead atoms. The van der Waals surface area contributed by atoms with E-state index >= 15 is 0 Å². The molecule has 0 atom stereocenters. The number of nitrogens with one attached hydrogen (secondary N) is 1. The van der Waals surface area contributed by atoms with Gasteiger partial charge in [0.1, 0.15) is 0 Å². The van der Waals surface area contributed by atoms with Crippen molar-refractivity contribution in [3.8, 4) is 0 Å². The van der Waals surface area contributed by atoms with Crippen molar-refractivity contribution >= 4 is 11.6 Å². The number of hydrogen-bond donors (Lipinski definition) is 3. The molecule has 4 nitrogen and oxygen atoms in total. The quantitative estimate of drug-likeness (QED) is 0.764. The number of anilines is 1. The first kappa shape index (κ1) is 13.1. The molecule has 0 aliphatic rings. The molecule has 0 aliphatic heterocycles. The fourth-order valence-corrected chi connectivity index (χ4v) is 1.72. The number of rotatable bonds is 5. The Kier molecular flexibility index (Phi) is 4.15. The number of primary amides is 1. The van der Waals surface area contributed by atoms with Crippen LogP contribution in [-0.2, 0) is 13.2 Å². The lowest BCUT2D eigenvalue weighted by Crippen LogP contribution is -2.10. The molecule has 0 fully saturated rings. The Hall–Kier alpha value is -2.33. The SMILES string of the molecule is NC(=O)c1ccc(NCc2ccc(CO)cc2)cc1. The minimum Gasteiger partial charge on any atom is -0.392 e. The van der Waals surface area contributed by atoms with E-state index in [4.69, 9.17) is 10.8 Å². The number of nitrogens with two attached hydrogens (primary N) is 1. The minimum absolute atomic E-state index is 0.0578. The molecule has 0 saturated heterocycles. The molecule has 0 spiro atoms. The lowest BCUT2D eigenvalue weighted by molar-refractivity contribution is 0.100. The van der Waals surface area contributed by atoms with Gasteiger partial charge in [-0.15, -0.1) is 0 Å². The summed E-state index contributed by atoms with van der Waals surface area (Å²) in [6.45, 7) is 0.740. The van der Waals surface area contributed by atoms with E-state index in [1.165, 1.54) is 0 Å². The Bertz CT molecular complexity index is 547. The third-order valence-corrected chi connectivity index (χ3v) is 2.87. The van der Waals surface area contributed by atoms with Gasteiger partial charge in [0.2, 0.25) is 5.91 Å². The van der Waals surface area contributed by atoms with Gasteiger partial charge in [-0.05, 0) is 35.4 Å². The van der Waals surface area contributed by atoms with Crippen molar-refractivity contribution in [3.05, 3.63) is 65.2 Å². The molecule has 4 heteroatoms. The van der Waals surface area contributed by atoms with Gasteiger partial charge in [0.25, 0.3) is 0 Å². The molecule has 2 rings (SSSR count). The predicted octanol–water partition coefficient (Wildman–Crippen LogP) is 1.89. The molecule has 0 aliphatic carbocycles. The largest absolute Gasteiger partial charge is 0.392 e. The van der Waals surface area contributed by atoms with E-state index in [1.54, 1.807) is 12.1 Å². The van der Waals surface area contributed by atoms with E-state index in [0.717, 1.165) is 16.8 Å². The third kappa shape index (κ3) is 3.56. The fourth-order valence-electron chi connectivity index (χ4n) is 1.72. The maximum absolute atomic E-state index is 10.9. The molecule has 0 aromatic heterocycles. The minimum atomic E-state index is -0.425. The molecule has 19 heavy (non-hydrogen) atoms. The number of benzene rings is 2. The van der Waals surface area contributed by atoms with E-state index < -0.39 is 5.91 Å². The van der Waals surface area contributed by atoms with Gasteiger partial charge in [0, 0.05) is 17.8 Å². The molecule has 2 aromatic carbocycles. The first-order chi connectivity index (χ1) is 9.19. The molecule has 0 heterocycles. The monoisotopic (exact) mass is 256 g/mol. The van der Waals surface area contributed by atoms with Crippen LogP contribution in [0.4, 0.5) is 5.69 Å². The summed E-state index contributed by atoms with van der Waals surface area (Å²) in [4.78, 5) is 10.9. The van der Waals surface area contributed by atoms with Gasteiger partial charge in [0.15, 0.2) is 0 Å². The lowest BCUT2D eigenvalue weighted by atomic mass is 10.1. The second-order valence-corrected chi connectivity index (χ2v) is 4.27. The van der Waals surface area contributed by atoms with Gasteiger partial charge < -0.3 is 16.2 Å². The van der Waals surface area contributed by atoms with Crippen LogP contribution in [-0.4, -0.2) is 11.0 Å². The Labute approximate surface area is 111 Å². The molecule has 4 N–H and O–H groups in total. The zero-order valence-electron chi connectivity index (χ0n) is 10.5. The number of carbonyl (C=O) groups is 1. The van der Waals surface area contributed by atoms with E-state index in [2.05, 4.69) is 5.32 Å². The summed E-state index contributed by atoms with van der Waals surface area (Å²) in [5.41, 5.74) is 8.62. The van der Waals surface area contributed by atoms with Crippen LogP contribution in [0.25, 0.3) is 0 Å². The van der Waals surface area contributed by atoms with Crippen LogP contribution < -0.4 is 11.1 Å². The van der Waals surface area contributed by atoms with E-state index in [-0.39, 0.29) is 6.61 Å². The molecular weight excluding hydrogens is 240 g/mol. The highest BCUT2D eigenvalue weighted by Gasteiger charge is 1.99. The summed E-state index contributed by atoms with van der Waals surface area (Å²) in [5, 5.41) is 12.2. The smallest absolute Gasteiger partial charge is 0.248 e. The van der Waals surface area contributed by atoms with E-state index in [1.807, 2.05) is 36.4 Å². The fraction of sp³-hybridized carbons (Fsp3) is 0.133. The maximum atomic E-state index is 10.9. The van der Waals surface area contributed by atoms with Crippen LogP contribution in [0, 0.1) is 0 Å². The average Bonchev–Trinajstić information content (AvgIpc) is 2.46. The van der Waals surface area contributed by atoms with Crippen LogP contribution in [0.2, 0.25) is 0 Å². The summed E-state index contributed by atoms with van der Waals surface area (Å²) in [6.07, 6.45) is 0. The summed E-state index contributed by atoms with van der Waals surface area (Å²) < 4.78 is 0. The van der Waals surface area contributed by atoms with Crippen molar-refractivity contribution in [2.75, 3.05) is 5.32 Å². The second kappa shape index (κ2) is 6.02. The summed E-state index contributed by atoms with van der Waals surface area (Å²) in [5.74, 6) is -0.425. The molecule has 0 radical (unpaired) electrons. The third-order valence-electron chi connectivity index (χ3n) is 2.87. The topological polar surface area (TPSA) is 75.4 Å². The first-order valence-electron chi connectivity index (χ1n) is 6.01. The number of carbonyl (C=O) groups excluding carboxylic acids is 1. The van der Waals surface area contributed by atoms with Gasteiger partial charge >= 0.3 is 0 Å². The van der Waals surface area contributed by atoms with Crippen LogP contribution in [0.5, 0.6) is 0 Å². The van der Waals surface area contributed by atoms with Crippen LogP contribution in [0.15, 0.2) is 48.5 Å². The molecule has 98 valence electrons. The number of aliphatic hydroxyl groups excluding tert-OH is 1. The Morgan fingerprint density at radius 1 is 1.00 bits per heavy atom. The van der Waals surface area contributed by atoms with Crippen LogP contribution >= 0.6 is 0 Å². The highest BCUT2D eigenvalue weighted by Crippen LogP contribution is 2.11. The van der Waals surface area contributed by atoms with Gasteiger partial charge in [-0.1, -0.05) is 24.3 Å². The molecular formula is C15H16N2O2. The standard InChI is InChI=1S/C15H16N2O2/c16-15(19)13-5-7-14(8-6-13)17-9-11-1-3-12(10-18)4-2-11/h1-8,17-18H,9-10H2,(H2,16,19). The van der Waals surface area contributed by atoms with Gasteiger partial charge in [-0.3, -0.25) is 4.79 Å². The number of aliphatic hydroxyl groups is 1. The number of hydrogen-bond acceptors (Lipinski definition) is 3. The first-order valence-corrected chi connectivity index (χ1v) is 6.01. The Morgan fingerprint density at radius 2 is 1.58 bits per heavy atom. The normalized spacial score (nSPS) is 10.2. The van der Waals surface area contributed by atoms with Gasteiger partial charge in [-0.25, -0.2) is 0 Å². The zero-order chi connectivity index (χ0) is 13.7.